The summed E-state index contributed by atoms with van der Waals surface area (Å²) >= 11 is 0. The molecule has 1 aliphatic rings. The number of hydrogen-bond acceptors (Lipinski definition) is 3. The van der Waals surface area contributed by atoms with Crippen molar-refractivity contribution in [3.05, 3.63) is 0 Å². The Labute approximate surface area is 74.8 Å². The first kappa shape index (κ1) is 9.96. The van der Waals surface area contributed by atoms with E-state index in [4.69, 9.17) is 5.11 Å². The minimum Gasteiger partial charge on any atom is -0.395 e. The number of piperazine rings is 1. The fourth-order valence-electron chi connectivity index (χ4n) is 1.69. The van der Waals surface area contributed by atoms with Crippen LogP contribution in [0.25, 0.3) is 0 Å². The van der Waals surface area contributed by atoms with Crippen molar-refractivity contribution in [3.63, 3.8) is 0 Å². The third-order valence-corrected chi connectivity index (χ3v) is 2.28. The highest BCUT2D eigenvalue weighted by atomic mass is 16.3. The monoisotopic (exact) mass is 172 g/mol. The number of aliphatic hydroxyl groups excluding tert-OH is 1. The zero-order valence-electron chi connectivity index (χ0n) is 8.08. The maximum Gasteiger partial charge on any atom is 0.0599 e. The van der Waals surface area contributed by atoms with Crippen LogP contribution < -0.4 is 5.32 Å². The molecular formula is C9H20N2O. The Balaban J connectivity index is 2.36. The summed E-state index contributed by atoms with van der Waals surface area (Å²) in [6, 6.07) is 0.334. The standard InChI is InChI=1S/C9H20N2O/c1-8(2)6-11-4-3-10-5-9(11)7-12/h8-10,12H,3-7H2,1-2H3/t9-/m0/s1. The third-order valence-electron chi connectivity index (χ3n) is 2.28. The lowest BCUT2D eigenvalue weighted by atomic mass is 10.1. The number of nitrogens with zero attached hydrogens (tertiary/aromatic N) is 1. The molecule has 1 saturated heterocycles. The second-order valence-electron chi connectivity index (χ2n) is 3.93. The predicted molar refractivity (Wildman–Crippen MR) is 50.2 cm³/mol. The Kier molecular flexibility index (Phi) is 3.98. The van der Waals surface area contributed by atoms with Crippen molar-refractivity contribution < 1.29 is 5.11 Å². The smallest absolute Gasteiger partial charge is 0.0599 e. The molecule has 0 aromatic carbocycles. The van der Waals surface area contributed by atoms with Gasteiger partial charge < -0.3 is 10.4 Å². The molecule has 0 bridgehead atoms. The lowest BCUT2D eigenvalue weighted by Gasteiger charge is -2.36. The van der Waals surface area contributed by atoms with Crippen molar-refractivity contribution in [2.45, 2.75) is 19.9 Å². The molecule has 2 N–H and O–H groups in total. The van der Waals surface area contributed by atoms with Crippen LogP contribution in [0.3, 0.4) is 0 Å². The van der Waals surface area contributed by atoms with Crippen LogP contribution in [-0.4, -0.2) is 48.8 Å². The Morgan fingerprint density at radius 2 is 2.33 bits per heavy atom. The first-order chi connectivity index (χ1) is 5.74. The maximum absolute atomic E-state index is 9.09. The van der Waals surface area contributed by atoms with E-state index in [2.05, 4.69) is 24.1 Å². The van der Waals surface area contributed by atoms with Crippen molar-refractivity contribution in [2.24, 2.45) is 5.92 Å². The molecule has 0 aromatic heterocycles. The van der Waals surface area contributed by atoms with Gasteiger partial charge in [-0.15, -0.1) is 0 Å². The summed E-state index contributed by atoms with van der Waals surface area (Å²) in [5, 5.41) is 12.4. The average molecular weight is 172 g/mol. The van der Waals surface area contributed by atoms with Crippen LogP contribution in [-0.2, 0) is 0 Å². The largest absolute Gasteiger partial charge is 0.395 e. The second kappa shape index (κ2) is 4.80. The normalized spacial score (nSPS) is 26.5. The first-order valence-corrected chi connectivity index (χ1v) is 4.79. The van der Waals surface area contributed by atoms with Crippen molar-refractivity contribution in [1.82, 2.24) is 10.2 Å². The van der Waals surface area contributed by atoms with Gasteiger partial charge in [0.2, 0.25) is 0 Å². The molecule has 0 unspecified atom stereocenters. The van der Waals surface area contributed by atoms with Gasteiger partial charge in [0.05, 0.1) is 6.61 Å². The Morgan fingerprint density at radius 1 is 1.58 bits per heavy atom. The van der Waals surface area contributed by atoms with Crippen molar-refractivity contribution >= 4 is 0 Å². The van der Waals surface area contributed by atoms with Gasteiger partial charge in [0.25, 0.3) is 0 Å². The maximum atomic E-state index is 9.09. The van der Waals surface area contributed by atoms with E-state index in [1.165, 1.54) is 0 Å². The van der Waals surface area contributed by atoms with Crippen LogP contribution in [0.2, 0.25) is 0 Å². The van der Waals surface area contributed by atoms with E-state index in [1.54, 1.807) is 0 Å². The summed E-state index contributed by atoms with van der Waals surface area (Å²) in [5.41, 5.74) is 0. The lowest BCUT2D eigenvalue weighted by molar-refractivity contribution is 0.0905. The zero-order chi connectivity index (χ0) is 8.97. The number of rotatable bonds is 3. The van der Waals surface area contributed by atoms with Gasteiger partial charge in [-0.05, 0) is 5.92 Å². The summed E-state index contributed by atoms with van der Waals surface area (Å²) in [6.07, 6.45) is 0. The molecule has 0 amide bonds. The molecule has 0 radical (unpaired) electrons. The molecule has 1 atom stereocenters. The molecule has 1 rings (SSSR count). The number of hydrogen-bond donors (Lipinski definition) is 2. The SMILES string of the molecule is CC(C)CN1CCNC[C@H]1CO. The van der Waals surface area contributed by atoms with Gasteiger partial charge in [0, 0.05) is 32.2 Å². The van der Waals surface area contributed by atoms with Crippen molar-refractivity contribution in [3.8, 4) is 0 Å². The predicted octanol–water partition coefficient (Wildman–Crippen LogP) is -0.0915. The van der Waals surface area contributed by atoms with Crippen molar-refractivity contribution in [1.29, 1.82) is 0 Å². The number of aliphatic hydroxyl groups is 1. The molecule has 1 fully saturated rings. The first-order valence-electron chi connectivity index (χ1n) is 4.79. The summed E-state index contributed by atoms with van der Waals surface area (Å²) < 4.78 is 0. The van der Waals surface area contributed by atoms with Crippen LogP contribution in [0.1, 0.15) is 13.8 Å². The van der Waals surface area contributed by atoms with Gasteiger partial charge in [-0.1, -0.05) is 13.8 Å². The highest BCUT2D eigenvalue weighted by Gasteiger charge is 2.21. The summed E-state index contributed by atoms with van der Waals surface area (Å²) in [6.45, 7) is 8.88. The molecule has 1 aliphatic heterocycles. The zero-order valence-corrected chi connectivity index (χ0v) is 8.08. The molecule has 0 saturated carbocycles. The summed E-state index contributed by atoms with van der Waals surface area (Å²) in [5.74, 6) is 0.692. The quantitative estimate of drug-likeness (QED) is 0.624. The Hall–Kier alpha value is -0.120. The molecular weight excluding hydrogens is 152 g/mol. The molecule has 12 heavy (non-hydrogen) atoms. The summed E-state index contributed by atoms with van der Waals surface area (Å²) in [4.78, 5) is 2.38. The minimum absolute atomic E-state index is 0.278. The van der Waals surface area contributed by atoms with Crippen LogP contribution in [0.15, 0.2) is 0 Å². The van der Waals surface area contributed by atoms with Crippen LogP contribution >= 0.6 is 0 Å². The fraction of sp³-hybridized carbons (Fsp3) is 1.00. The molecule has 0 spiro atoms. The molecule has 3 heteroatoms. The van der Waals surface area contributed by atoms with Crippen LogP contribution in [0, 0.1) is 5.92 Å². The van der Waals surface area contributed by atoms with E-state index in [9.17, 15) is 0 Å². The van der Waals surface area contributed by atoms with E-state index < -0.39 is 0 Å². The van der Waals surface area contributed by atoms with E-state index in [0.717, 1.165) is 26.2 Å². The van der Waals surface area contributed by atoms with E-state index in [-0.39, 0.29) is 6.61 Å². The highest BCUT2D eigenvalue weighted by molar-refractivity contribution is 4.79. The van der Waals surface area contributed by atoms with Gasteiger partial charge in [-0.25, -0.2) is 0 Å². The highest BCUT2D eigenvalue weighted by Crippen LogP contribution is 2.06. The lowest BCUT2D eigenvalue weighted by Crippen LogP contribution is -2.53. The Bertz CT molecular complexity index is 128. The molecule has 3 nitrogen and oxygen atoms in total. The minimum atomic E-state index is 0.278. The topological polar surface area (TPSA) is 35.5 Å². The van der Waals surface area contributed by atoms with Gasteiger partial charge in [0.15, 0.2) is 0 Å². The third kappa shape index (κ3) is 2.73. The van der Waals surface area contributed by atoms with Gasteiger partial charge in [-0.3, -0.25) is 4.90 Å². The number of nitrogens with one attached hydrogen (secondary N) is 1. The fourth-order valence-corrected chi connectivity index (χ4v) is 1.69. The van der Waals surface area contributed by atoms with Gasteiger partial charge in [-0.2, -0.15) is 0 Å². The van der Waals surface area contributed by atoms with E-state index in [0.29, 0.717) is 12.0 Å². The molecule has 0 aromatic rings. The van der Waals surface area contributed by atoms with E-state index in [1.807, 2.05) is 0 Å². The molecule has 1 heterocycles. The van der Waals surface area contributed by atoms with Crippen LogP contribution in [0.4, 0.5) is 0 Å². The van der Waals surface area contributed by atoms with Crippen molar-refractivity contribution in [2.75, 3.05) is 32.8 Å². The van der Waals surface area contributed by atoms with E-state index >= 15 is 0 Å². The average Bonchev–Trinajstić information content (AvgIpc) is 2.04. The van der Waals surface area contributed by atoms with Crippen LogP contribution in [0.5, 0.6) is 0 Å². The Morgan fingerprint density at radius 3 is 2.92 bits per heavy atom. The van der Waals surface area contributed by atoms with Gasteiger partial charge >= 0.3 is 0 Å². The second-order valence-corrected chi connectivity index (χ2v) is 3.93. The van der Waals surface area contributed by atoms with Gasteiger partial charge in [0.1, 0.15) is 0 Å². The molecule has 0 aliphatic carbocycles. The molecule has 72 valence electrons. The summed E-state index contributed by atoms with van der Waals surface area (Å²) in [7, 11) is 0.